The molecule has 0 spiro atoms. The molecule has 142 valence electrons. The molecule has 1 aliphatic heterocycles. The first-order chi connectivity index (χ1) is 12.7. The number of nitrogens with one attached hydrogen (secondary N) is 1. The van der Waals surface area contributed by atoms with Gasteiger partial charge in [-0.1, -0.05) is 12.1 Å². The van der Waals surface area contributed by atoms with Gasteiger partial charge in [-0.05, 0) is 38.5 Å². The van der Waals surface area contributed by atoms with Crippen LogP contribution in [-0.4, -0.2) is 33.8 Å². The lowest BCUT2D eigenvalue weighted by atomic mass is 10.0. The van der Waals surface area contributed by atoms with Crippen LogP contribution < -0.4 is 5.32 Å². The van der Waals surface area contributed by atoms with Gasteiger partial charge < -0.3 is 9.15 Å². The molecule has 0 radical (unpaired) electrons. The fraction of sp³-hybridized carbons (Fsp3) is 0.368. The highest BCUT2D eigenvalue weighted by atomic mass is 16.6. The zero-order valence-electron chi connectivity index (χ0n) is 15.7. The van der Waals surface area contributed by atoms with E-state index in [1.807, 2.05) is 12.1 Å². The summed E-state index contributed by atoms with van der Waals surface area (Å²) in [5.41, 5.74) is 1.66. The van der Waals surface area contributed by atoms with Crippen molar-refractivity contribution in [1.29, 1.82) is 0 Å². The number of aryl methyl sites for hydroxylation is 1. The van der Waals surface area contributed by atoms with Gasteiger partial charge >= 0.3 is 6.09 Å². The summed E-state index contributed by atoms with van der Waals surface area (Å²) >= 11 is 0. The predicted molar refractivity (Wildman–Crippen MR) is 99.3 cm³/mol. The third kappa shape index (κ3) is 4.52. The van der Waals surface area contributed by atoms with E-state index in [4.69, 9.17) is 9.15 Å². The van der Waals surface area contributed by atoms with Crippen molar-refractivity contribution in [3.63, 3.8) is 0 Å². The van der Waals surface area contributed by atoms with Crippen LogP contribution in [0.4, 0.5) is 10.5 Å². The van der Waals surface area contributed by atoms with E-state index < -0.39 is 11.7 Å². The Morgan fingerprint density at radius 2 is 2.04 bits per heavy atom. The lowest BCUT2D eigenvalue weighted by molar-refractivity contribution is -0.120. The fourth-order valence-corrected chi connectivity index (χ4v) is 2.73. The normalized spacial score (nSPS) is 16.8. The van der Waals surface area contributed by atoms with Crippen molar-refractivity contribution in [3.8, 4) is 0 Å². The number of carbonyl (C=O) groups excluding carboxylic acids is 2. The van der Waals surface area contributed by atoms with Crippen molar-refractivity contribution in [1.82, 2.24) is 9.99 Å². The number of anilines is 1. The van der Waals surface area contributed by atoms with Crippen LogP contribution >= 0.6 is 0 Å². The Morgan fingerprint density at radius 1 is 1.33 bits per heavy atom. The van der Waals surface area contributed by atoms with Gasteiger partial charge in [0, 0.05) is 19.0 Å². The monoisotopic (exact) mass is 370 g/mol. The maximum atomic E-state index is 11.8. The predicted octanol–water partition coefficient (Wildman–Crippen LogP) is 3.64. The largest absolute Gasteiger partial charge is 0.444 e. The van der Waals surface area contributed by atoms with Crippen molar-refractivity contribution in [2.45, 2.75) is 45.8 Å². The summed E-state index contributed by atoms with van der Waals surface area (Å²) < 4.78 is 10.8. The Labute approximate surface area is 157 Å². The number of benzene rings is 1. The molecule has 8 heteroatoms. The van der Waals surface area contributed by atoms with E-state index in [1.165, 1.54) is 5.01 Å². The summed E-state index contributed by atoms with van der Waals surface area (Å²) in [6.45, 7) is 7.17. The standard InChI is InChI=1S/C19H22N4O4/c1-12-20-10-17(26-12)16-9-15(22-23(16)11-24)13-5-7-14(8-6-13)21-18(25)27-19(2,3)4/h5-8,10-11,16H,9H2,1-4H3,(H,21,25). The Balaban J connectivity index is 1.70. The molecule has 1 unspecified atom stereocenters. The number of rotatable bonds is 4. The first-order valence-electron chi connectivity index (χ1n) is 8.59. The second kappa shape index (κ2) is 7.22. The molecule has 1 atom stereocenters. The van der Waals surface area contributed by atoms with Gasteiger partial charge in [-0.15, -0.1) is 0 Å². The highest BCUT2D eigenvalue weighted by molar-refractivity contribution is 6.02. The molecule has 1 aliphatic rings. The maximum absolute atomic E-state index is 11.8. The van der Waals surface area contributed by atoms with Crippen LogP contribution in [0.3, 0.4) is 0 Å². The lowest BCUT2D eigenvalue weighted by Crippen LogP contribution is -2.27. The zero-order valence-corrected chi connectivity index (χ0v) is 15.7. The van der Waals surface area contributed by atoms with Crippen LogP contribution in [0.5, 0.6) is 0 Å². The lowest BCUT2D eigenvalue weighted by Gasteiger charge is -2.19. The number of oxazole rings is 1. The van der Waals surface area contributed by atoms with E-state index in [9.17, 15) is 9.59 Å². The van der Waals surface area contributed by atoms with Gasteiger partial charge in [0.15, 0.2) is 5.89 Å². The molecule has 2 heterocycles. The Morgan fingerprint density at radius 3 is 2.59 bits per heavy atom. The molecule has 3 rings (SSSR count). The number of hydrogen-bond acceptors (Lipinski definition) is 6. The quantitative estimate of drug-likeness (QED) is 0.829. The van der Waals surface area contributed by atoms with Crippen LogP contribution in [0.1, 0.15) is 50.4 Å². The molecule has 1 aromatic heterocycles. The number of hydrogen-bond donors (Lipinski definition) is 1. The minimum Gasteiger partial charge on any atom is -0.444 e. The average Bonchev–Trinajstić information content (AvgIpc) is 3.19. The van der Waals surface area contributed by atoms with Gasteiger partial charge in [-0.2, -0.15) is 5.10 Å². The van der Waals surface area contributed by atoms with Gasteiger partial charge in [0.2, 0.25) is 6.41 Å². The summed E-state index contributed by atoms with van der Waals surface area (Å²) in [5, 5.41) is 8.38. The van der Waals surface area contributed by atoms with Crippen LogP contribution in [0.15, 0.2) is 40.0 Å². The van der Waals surface area contributed by atoms with Gasteiger partial charge in [-0.25, -0.2) is 14.8 Å². The Bertz CT molecular complexity index is 865. The minimum absolute atomic E-state index is 0.307. The molecule has 2 aromatic rings. The molecular formula is C19H22N4O4. The van der Waals surface area contributed by atoms with E-state index in [1.54, 1.807) is 46.0 Å². The summed E-state index contributed by atoms with van der Waals surface area (Å²) in [7, 11) is 0. The molecule has 0 saturated carbocycles. The number of amides is 2. The van der Waals surface area contributed by atoms with E-state index in [-0.39, 0.29) is 6.04 Å². The topological polar surface area (TPSA) is 97.0 Å². The van der Waals surface area contributed by atoms with Gasteiger partial charge in [0.05, 0.1) is 11.9 Å². The SMILES string of the molecule is Cc1ncc(C2CC(c3ccc(NC(=O)OC(C)(C)C)cc3)=NN2C=O)o1. The van der Waals surface area contributed by atoms with Crippen molar-refractivity contribution in [2.75, 3.05) is 5.32 Å². The van der Waals surface area contributed by atoms with E-state index in [0.29, 0.717) is 30.2 Å². The summed E-state index contributed by atoms with van der Waals surface area (Å²) in [6.07, 6.45) is 2.30. The maximum Gasteiger partial charge on any atom is 0.412 e. The molecule has 0 bridgehead atoms. The van der Waals surface area contributed by atoms with Crippen molar-refractivity contribution in [3.05, 3.63) is 47.7 Å². The van der Waals surface area contributed by atoms with E-state index in [0.717, 1.165) is 11.3 Å². The summed E-state index contributed by atoms with van der Waals surface area (Å²) in [4.78, 5) is 27.3. The van der Waals surface area contributed by atoms with Crippen LogP contribution in [0.25, 0.3) is 0 Å². The molecule has 1 N–H and O–H groups in total. The first-order valence-corrected chi connectivity index (χ1v) is 8.59. The highest BCUT2D eigenvalue weighted by Crippen LogP contribution is 2.32. The first kappa shape index (κ1) is 18.6. The van der Waals surface area contributed by atoms with Crippen molar-refractivity contribution >= 4 is 23.9 Å². The third-order valence-electron chi connectivity index (χ3n) is 3.88. The molecule has 8 nitrogen and oxygen atoms in total. The second-order valence-corrected chi connectivity index (χ2v) is 7.24. The smallest absolute Gasteiger partial charge is 0.412 e. The Kier molecular flexibility index (Phi) is 4.98. The third-order valence-corrected chi connectivity index (χ3v) is 3.88. The average molecular weight is 370 g/mol. The zero-order chi connectivity index (χ0) is 19.6. The number of aromatic nitrogens is 1. The minimum atomic E-state index is -0.561. The number of ether oxygens (including phenoxy) is 1. The van der Waals surface area contributed by atoms with E-state index >= 15 is 0 Å². The number of nitrogens with zero attached hydrogens (tertiary/aromatic N) is 3. The highest BCUT2D eigenvalue weighted by Gasteiger charge is 2.31. The molecule has 2 amide bonds. The molecule has 0 aliphatic carbocycles. The second-order valence-electron chi connectivity index (χ2n) is 7.24. The molecule has 27 heavy (non-hydrogen) atoms. The van der Waals surface area contributed by atoms with Gasteiger partial charge in [0.1, 0.15) is 17.4 Å². The molecule has 0 fully saturated rings. The summed E-state index contributed by atoms with van der Waals surface area (Å²) in [5.74, 6) is 1.14. The summed E-state index contributed by atoms with van der Waals surface area (Å²) in [6, 6.07) is 6.89. The van der Waals surface area contributed by atoms with Gasteiger partial charge in [-0.3, -0.25) is 10.1 Å². The van der Waals surface area contributed by atoms with Crippen molar-refractivity contribution in [2.24, 2.45) is 5.10 Å². The number of hydrazone groups is 1. The molecular weight excluding hydrogens is 348 g/mol. The van der Waals surface area contributed by atoms with E-state index in [2.05, 4.69) is 15.4 Å². The van der Waals surface area contributed by atoms with Crippen LogP contribution in [0, 0.1) is 6.92 Å². The molecule has 0 saturated heterocycles. The van der Waals surface area contributed by atoms with Crippen LogP contribution in [0.2, 0.25) is 0 Å². The Hall–Kier alpha value is -3.16. The van der Waals surface area contributed by atoms with Crippen molar-refractivity contribution < 1.29 is 18.7 Å². The number of carbonyl (C=O) groups is 2. The van der Waals surface area contributed by atoms with Gasteiger partial charge in [0.25, 0.3) is 0 Å². The van der Waals surface area contributed by atoms with Crippen LogP contribution in [-0.2, 0) is 9.53 Å². The molecule has 1 aromatic carbocycles. The fourth-order valence-electron chi connectivity index (χ4n) is 2.73.